The number of hydrogen-bond acceptors (Lipinski definition) is 8. The van der Waals surface area contributed by atoms with E-state index < -0.39 is 22.4 Å². The van der Waals surface area contributed by atoms with Crippen LogP contribution in [0.1, 0.15) is 17.3 Å². The molecule has 0 radical (unpaired) electrons. The fourth-order valence-electron chi connectivity index (χ4n) is 2.53. The molecule has 1 heterocycles. The van der Waals surface area contributed by atoms with Gasteiger partial charge < -0.3 is 15.4 Å². The Morgan fingerprint density at radius 1 is 1.07 bits per heavy atom. The summed E-state index contributed by atoms with van der Waals surface area (Å²) in [6.45, 7) is 1.85. The van der Waals surface area contributed by atoms with Gasteiger partial charge in [0.15, 0.2) is 0 Å². The first-order valence-electron chi connectivity index (χ1n) is 8.55. The van der Waals surface area contributed by atoms with Crippen LogP contribution < -0.4 is 10.6 Å². The van der Waals surface area contributed by atoms with Crippen LogP contribution in [0, 0.1) is 15.9 Å². The number of halogens is 1. The minimum Gasteiger partial charge on any atom is -0.462 e. The second-order valence-corrected chi connectivity index (χ2v) is 5.67. The number of rotatable bonds is 7. The zero-order valence-electron chi connectivity index (χ0n) is 15.3. The molecule has 9 nitrogen and oxygen atoms in total. The number of nitro groups is 1. The lowest BCUT2D eigenvalue weighted by Gasteiger charge is -2.12. The highest BCUT2D eigenvalue weighted by Crippen LogP contribution is 2.34. The average Bonchev–Trinajstić information content (AvgIpc) is 2.70. The van der Waals surface area contributed by atoms with Gasteiger partial charge in [0.25, 0.3) is 0 Å². The van der Waals surface area contributed by atoms with Gasteiger partial charge in [-0.2, -0.15) is 0 Å². The predicted molar refractivity (Wildman–Crippen MR) is 104 cm³/mol. The minimum absolute atomic E-state index is 0.0205. The van der Waals surface area contributed by atoms with Crippen molar-refractivity contribution in [2.45, 2.75) is 6.92 Å². The molecule has 0 aliphatic rings. The summed E-state index contributed by atoms with van der Waals surface area (Å²) in [4.78, 5) is 30.9. The SMILES string of the molecule is CCOC(=O)c1ccccc1Nc1ncnc(Nc2ccccc2F)c1[N+](=O)[O-]. The van der Waals surface area contributed by atoms with Crippen molar-refractivity contribution in [3.05, 3.63) is 76.4 Å². The molecule has 0 aliphatic heterocycles. The van der Waals surface area contributed by atoms with E-state index in [1.54, 1.807) is 31.2 Å². The van der Waals surface area contributed by atoms with Gasteiger partial charge in [0.05, 0.1) is 28.5 Å². The Hall–Kier alpha value is -4.08. The minimum atomic E-state index is -0.696. The number of hydrogen-bond donors (Lipinski definition) is 2. The van der Waals surface area contributed by atoms with Gasteiger partial charge in [-0.05, 0) is 31.2 Å². The lowest BCUT2D eigenvalue weighted by molar-refractivity contribution is -0.383. The van der Waals surface area contributed by atoms with Gasteiger partial charge in [-0.1, -0.05) is 24.3 Å². The monoisotopic (exact) mass is 397 g/mol. The summed E-state index contributed by atoms with van der Waals surface area (Å²) < 4.78 is 18.9. The number of carbonyl (C=O) groups is 1. The Morgan fingerprint density at radius 3 is 2.28 bits per heavy atom. The van der Waals surface area contributed by atoms with E-state index in [4.69, 9.17) is 4.74 Å². The van der Waals surface area contributed by atoms with Gasteiger partial charge in [-0.15, -0.1) is 0 Å². The maximum Gasteiger partial charge on any atom is 0.353 e. The van der Waals surface area contributed by atoms with E-state index in [2.05, 4.69) is 20.6 Å². The molecular weight excluding hydrogens is 381 g/mol. The maximum atomic E-state index is 13.9. The fourth-order valence-corrected chi connectivity index (χ4v) is 2.53. The number of benzene rings is 2. The third-order valence-corrected chi connectivity index (χ3v) is 3.81. The number of anilines is 4. The summed E-state index contributed by atoms with van der Waals surface area (Å²) in [7, 11) is 0. The summed E-state index contributed by atoms with van der Waals surface area (Å²) >= 11 is 0. The molecule has 0 saturated carbocycles. The molecule has 2 aromatic carbocycles. The third-order valence-electron chi connectivity index (χ3n) is 3.81. The van der Waals surface area contributed by atoms with Crippen molar-refractivity contribution in [1.82, 2.24) is 9.97 Å². The van der Waals surface area contributed by atoms with Crippen LogP contribution in [-0.4, -0.2) is 27.5 Å². The van der Waals surface area contributed by atoms with Crippen molar-refractivity contribution in [1.29, 1.82) is 0 Å². The van der Waals surface area contributed by atoms with Gasteiger partial charge in [0, 0.05) is 0 Å². The molecule has 0 amide bonds. The molecule has 10 heteroatoms. The van der Waals surface area contributed by atoms with Crippen LogP contribution in [0.4, 0.5) is 33.1 Å². The van der Waals surface area contributed by atoms with Gasteiger partial charge in [0.2, 0.25) is 11.6 Å². The number of nitrogens with zero attached hydrogens (tertiary/aromatic N) is 3. The van der Waals surface area contributed by atoms with Crippen molar-refractivity contribution in [2.24, 2.45) is 0 Å². The molecule has 0 bridgehead atoms. The lowest BCUT2D eigenvalue weighted by Crippen LogP contribution is -2.10. The highest BCUT2D eigenvalue weighted by Gasteiger charge is 2.25. The van der Waals surface area contributed by atoms with Crippen molar-refractivity contribution < 1.29 is 18.8 Å². The summed E-state index contributed by atoms with van der Waals surface area (Å²) in [6.07, 6.45) is 1.09. The highest BCUT2D eigenvalue weighted by atomic mass is 19.1. The summed E-state index contributed by atoms with van der Waals surface area (Å²) in [5.74, 6) is -1.55. The zero-order valence-corrected chi connectivity index (χ0v) is 15.3. The molecule has 29 heavy (non-hydrogen) atoms. The standard InChI is InChI=1S/C19H16FN5O4/c1-2-29-19(26)12-7-3-5-9-14(12)23-17-16(25(27)28)18(22-11-21-17)24-15-10-6-4-8-13(15)20/h3-11H,2H2,1H3,(H2,21,22,23,24). The van der Waals surface area contributed by atoms with Crippen LogP contribution in [-0.2, 0) is 4.74 Å². The van der Waals surface area contributed by atoms with Crippen LogP contribution in [0.25, 0.3) is 0 Å². The molecule has 0 unspecified atom stereocenters. The van der Waals surface area contributed by atoms with E-state index in [0.717, 1.165) is 6.33 Å². The zero-order chi connectivity index (χ0) is 20.8. The number of nitrogens with one attached hydrogen (secondary N) is 2. The molecule has 148 valence electrons. The molecule has 3 aromatic rings. The van der Waals surface area contributed by atoms with Crippen LogP contribution in [0.3, 0.4) is 0 Å². The normalized spacial score (nSPS) is 10.3. The van der Waals surface area contributed by atoms with Gasteiger partial charge in [-0.25, -0.2) is 19.2 Å². The fraction of sp³-hybridized carbons (Fsp3) is 0.105. The Kier molecular flexibility index (Phi) is 5.93. The summed E-state index contributed by atoms with van der Waals surface area (Å²) in [5.41, 5.74) is -0.0305. The molecule has 0 atom stereocenters. The molecule has 0 saturated heterocycles. The van der Waals surface area contributed by atoms with Crippen molar-refractivity contribution >= 4 is 34.7 Å². The van der Waals surface area contributed by atoms with E-state index in [9.17, 15) is 19.3 Å². The van der Waals surface area contributed by atoms with Gasteiger partial charge in [0.1, 0.15) is 12.1 Å². The molecule has 3 rings (SSSR count). The first-order valence-corrected chi connectivity index (χ1v) is 8.55. The first kappa shape index (κ1) is 19.7. The Balaban J connectivity index is 2.00. The molecular formula is C19H16FN5O4. The predicted octanol–water partition coefficient (Wildman–Crippen LogP) is 4.19. The summed E-state index contributed by atoms with van der Waals surface area (Å²) in [5, 5.41) is 17.1. The quantitative estimate of drug-likeness (QED) is 0.346. The molecule has 0 spiro atoms. The van der Waals surface area contributed by atoms with E-state index in [0.29, 0.717) is 0 Å². The number of carbonyl (C=O) groups excluding carboxylic acids is 1. The van der Waals surface area contributed by atoms with Crippen molar-refractivity contribution in [3.63, 3.8) is 0 Å². The second-order valence-electron chi connectivity index (χ2n) is 5.67. The van der Waals surface area contributed by atoms with Crippen molar-refractivity contribution in [3.8, 4) is 0 Å². The van der Waals surface area contributed by atoms with E-state index in [-0.39, 0.29) is 35.2 Å². The topological polar surface area (TPSA) is 119 Å². The van der Waals surface area contributed by atoms with E-state index >= 15 is 0 Å². The second kappa shape index (κ2) is 8.74. The van der Waals surface area contributed by atoms with E-state index in [1.807, 2.05) is 0 Å². The number of ether oxygens (including phenoxy) is 1. The molecule has 2 N–H and O–H groups in total. The average molecular weight is 397 g/mol. The number of aromatic nitrogens is 2. The third kappa shape index (κ3) is 4.43. The molecule has 0 fully saturated rings. The Bertz CT molecular complexity index is 1060. The van der Waals surface area contributed by atoms with E-state index in [1.165, 1.54) is 24.3 Å². The first-order chi connectivity index (χ1) is 14.0. The van der Waals surface area contributed by atoms with Crippen molar-refractivity contribution in [2.75, 3.05) is 17.2 Å². The Morgan fingerprint density at radius 2 is 1.66 bits per heavy atom. The number of esters is 1. The molecule has 1 aromatic heterocycles. The van der Waals surface area contributed by atoms with Gasteiger partial charge in [-0.3, -0.25) is 10.1 Å². The lowest BCUT2D eigenvalue weighted by atomic mass is 10.2. The number of para-hydroxylation sites is 2. The largest absolute Gasteiger partial charge is 0.462 e. The highest BCUT2D eigenvalue weighted by molar-refractivity contribution is 5.97. The van der Waals surface area contributed by atoms with Crippen LogP contribution in [0.2, 0.25) is 0 Å². The van der Waals surface area contributed by atoms with Crippen LogP contribution in [0.15, 0.2) is 54.9 Å². The summed E-state index contributed by atoms with van der Waals surface area (Å²) in [6, 6.07) is 12.1. The Labute approximate surface area is 164 Å². The van der Waals surface area contributed by atoms with Gasteiger partial charge >= 0.3 is 11.7 Å². The smallest absolute Gasteiger partial charge is 0.353 e. The molecule has 0 aliphatic carbocycles. The van der Waals surface area contributed by atoms with Crippen LogP contribution in [0.5, 0.6) is 0 Å². The van der Waals surface area contributed by atoms with Crippen LogP contribution >= 0.6 is 0 Å². The maximum absolute atomic E-state index is 13.9.